The second-order valence-electron chi connectivity index (χ2n) is 2.14. The molecule has 0 aromatic rings. The minimum absolute atomic E-state index is 0.00498. The van der Waals surface area contributed by atoms with Crippen molar-refractivity contribution in [2.45, 2.75) is 12.8 Å². The molecular formula is C5H13N5O3. The fourth-order valence-electron chi connectivity index (χ4n) is 0.577. The maximum Gasteiger partial charge on any atom is 0.303 e. The lowest BCUT2D eigenvalue weighted by molar-refractivity contribution is -0.139. The van der Waals surface area contributed by atoms with E-state index in [2.05, 4.69) is 10.5 Å². The van der Waals surface area contributed by atoms with Crippen molar-refractivity contribution in [2.24, 2.45) is 10.9 Å². The molecule has 0 saturated heterocycles. The molecule has 0 amide bonds. The Hall–Kier alpha value is -1.38. The first-order valence-electron chi connectivity index (χ1n) is 3.58. The average Bonchev–Trinajstić information content (AvgIpc) is 2.04. The van der Waals surface area contributed by atoms with Crippen molar-refractivity contribution >= 4 is 12.3 Å². The van der Waals surface area contributed by atoms with Crippen LogP contribution in [0, 0.1) is 0 Å². The molecule has 0 aromatic carbocycles. The van der Waals surface area contributed by atoms with Gasteiger partial charge in [0.15, 0.2) is 0 Å². The maximum atomic E-state index is 10.1. The SMILES string of the molecule is NNN=CNN(O)CCCC(=O)O. The van der Waals surface area contributed by atoms with Gasteiger partial charge < -0.3 is 5.11 Å². The highest BCUT2D eigenvalue weighted by molar-refractivity contribution is 5.66. The van der Waals surface area contributed by atoms with Crippen molar-refractivity contribution < 1.29 is 15.1 Å². The van der Waals surface area contributed by atoms with Crippen LogP contribution >= 0.6 is 0 Å². The molecule has 0 spiro atoms. The number of carboxylic acid groups (broad SMARTS) is 1. The molecule has 0 aliphatic rings. The summed E-state index contributed by atoms with van der Waals surface area (Å²) in [5.41, 5.74) is 4.29. The Morgan fingerprint density at radius 2 is 2.38 bits per heavy atom. The zero-order chi connectivity index (χ0) is 10.1. The smallest absolute Gasteiger partial charge is 0.303 e. The molecule has 0 aliphatic heterocycles. The summed E-state index contributed by atoms with van der Waals surface area (Å²) in [4.78, 5) is 10.1. The molecule has 0 aliphatic carbocycles. The number of nitrogens with one attached hydrogen (secondary N) is 2. The average molecular weight is 191 g/mol. The van der Waals surface area contributed by atoms with Gasteiger partial charge in [-0.25, -0.2) is 11.4 Å². The molecule has 13 heavy (non-hydrogen) atoms. The molecule has 0 saturated carbocycles. The summed E-state index contributed by atoms with van der Waals surface area (Å²) in [7, 11) is 0. The second kappa shape index (κ2) is 7.28. The number of carboxylic acids is 1. The molecule has 0 radical (unpaired) electrons. The number of hydroxylamine groups is 1. The van der Waals surface area contributed by atoms with Crippen LogP contribution < -0.4 is 16.8 Å². The molecule has 0 unspecified atom stereocenters. The number of hydrazone groups is 1. The molecule has 0 heterocycles. The molecule has 8 nitrogen and oxygen atoms in total. The predicted octanol–water partition coefficient (Wildman–Crippen LogP) is -1.55. The van der Waals surface area contributed by atoms with E-state index in [1.165, 1.54) is 0 Å². The van der Waals surface area contributed by atoms with Crippen molar-refractivity contribution in [1.82, 2.24) is 16.1 Å². The Bertz CT molecular complexity index is 174. The van der Waals surface area contributed by atoms with Crippen LogP contribution in [0.3, 0.4) is 0 Å². The third-order valence-electron chi connectivity index (χ3n) is 1.11. The van der Waals surface area contributed by atoms with Gasteiger partial charge >= 0.3 is 5.97 Å². The second-order valence-corrected chi connectivity index (χ2v) is 2.14. The predicted molar refractivity (Wildman–Crippen MR) is 44.3 cm³/mol. The van der Waals surface area contributed by atoms with Gasteiger partial charge in [-0.1, -0.05) is 0 Å². The first kappa shape index (κ1) is 11.6. The minimum Gasteiger partial charge on any atom is -0.481 e. The van der Waals surface area contributed by atoms with Crippen molar-refractivity contribution in [3.8, 4) is 0 Å². The highest BCUT2D eigenvalue weighted by Crippen LogP contribution is 1.89. The van der Waals surface area contributed by atoms with Gasteiger partial charge in [0.2, 0.25) is 0 Å². The van der Waals surface area contributed by atoms with Gasteiger partial charge in [-0.3, -0.25) is 15.4 Å². The molecule has 0 rings (SSSR count). The van der Waals surface area contributed by atoms with Crippen LogP contribution in [0.25, 0.3) is 0 Å². The van der Waals surface area contributed by atoms with Crippen LogP contribution in [-0.4, -0.2) is 34.3 Å². The number of rotatable bonds is 7. The van der Waals surface area contributed by atoms with E-state index < -0.39 is 5.97 Å². The normalized spacial score (nSPS) is 10.7. The largest absolute Gasteiger partial charge is 0.481 e. The van der Waals surface area contributed by atoms with Crippen LogP contribution in [0.2, 0.25) is 0 Å². The number of hydrazine groups is 2. The molecule has 0 aromatic heterocycles. The van der Waals surface area contributed by atoms with Crippen LogP contribution in [0.15, 0.2) is 5.10 Å². The summed E-state index contributed by atoms with van der Waals surface area (Å²) in [6, 6.07) is 0. The maximum absolute atomic E-state index is 10.1. The number of hydrogen-bond donors (Lipinski definition) is 5. The molecular weight excluding hydrogens is 178 g/mol. The van der Waals surface area contributed by atoms with E-state index in [4.69, 9.17) is 16.2 Å². The van der Waals surface area contributed by atoms with Crippen LogP contribution in [0.5, 0.6) is 0 Å². The summed E-state index contributed by atoms with van der Waals surface area (Å²) in [5, 5.41) is 21.3. The van der Waals surface area contributed by atoms with E-state index in [0.29, 0.717) is 11.6 Å². The first-order valence-corrected chi connectivity index (χ1v) is 3.58. The lowest BCUT2D eigenvalue weighted by atomic mass is 10.3. The Labute approximate surface area is 74.9 Å². The van der Waals surface area contributed by atoms with Crippen molar-refractivity contribution in [1.29, 1.82) is 0 Å². The van der Waals surface area contributed by atoms with Gasteiger partial charge in [-0.05, 0) is 6.42 Å². The van der Waals surface area contributed by atoms with Crippen molar-refractivity contribution in [3.63, 3.8) is 0 Å². The third-order valence-corrected chi connectivity index (χ3v) is 1.11. The Kier molecular flexibility index (Phi) is 6.51. The summed E-state index contributed by atoms with van der Waals surface area (Å²) in [5.74, 6) is 3.89. The van der Waals surface area contributed by atoms with E-state index >= 15 is 0 Å². The lowest BCUT2D eigenvalue weighted by Gasteiger charge is -2.11. The van der Waals surface area contributed by atoms with Crippen LogP contribution in [0.1, 0.15) is 12.8 Å². The van der Waals surface area contributed by atoms with E-state index in [9.17, 15) is 4.79 Å². The summed E-state index contributed by atoms with van der Waals surface area (Å²) in [6.45, 7) is 0.183. The summed E-state index contributed by atoms with van der Waals surface area (Å²) < 4.78 is 0. The summed E-state index contributed by atoms with van der Waals surface area (Å²) >= 11 is 0. The quantitative estimate of drug-likeness (QED) is 0.143. The molecule has 76 valence electrons. The zero-order valence-electron chi connectivity index (χ0n) is 6.97. The number of nitrogens with two attached hydrogens (primary N) is 1. The van der Waals surface area contributed by atoms with Crippen LogP contribution in [-0.2, 0) is 4.79 Å². The molecule has 6 N–H and O–H groups in total. The van der Waals surface area contributed by atoms with Crippen molar-refractivity contribution in [3.05, 3.63) is 0 Å². The Morgan fingerprint density at radius 3 is 2.92 bits per heavy atom. The zero-order valence-corrected chi connectivity index (χ0v) is 6.97. The third kappa shape index (κ3) is 8.53. The van der Waals surface area contributed by atoms with Gasteiger partial charge in [-0.15, -0.1) is 5.17 Å². The monoisotopic (exact) mass is 191 g/mol. The van der Waals surface area contributed by atoms with E-state index in [0.717, 1.165) is 6.34 Å². The first-order chi connectivity index (χ1) is 6.16. The fourth-order valence-corrected chi connectivity index (χ4v) is 0.577. The molecule has 0 fully saturated rings. The van der Waals surface area contributed by atoms with Gasteiger partial charge in [0.25, 0.3) is 0 Å². The van der Waals surface area contributed by atoms with Gasteiger partial charge in [0.1, 0.15) is 6.34 Å². The molecule has 0 atom stereocenters. The number of aliphatic carboxylic acids is 1. The minimum atomic E-state index is -0.898. The van der Waals surface area contributed by atoms with Crippen LogP contribution in [0.4, 0.5) is 0 Å². The standard InChI is InChI=1S/C5H13N5O3/c6-9-7-4-8-10(13)3-1-2-5(11)12/h4,9,13H,1-3,6H2,(H,7,8)(H,11,12). The summed E-state index contributed by atoms with van der Waals surface area (Å²) in [6.07, 6.45) is 1.47. The highest BCUT2D eigenvalue weighted by atomic mass is 16.5. The van der Waals surface area contributed by atoms with E-state index in [1.807, 2.05) is 5.53 Å². The highest BCUT2D eigenvalue weighted by Gasteiger charge is 2.00. The van der Waals surface area contributed by atoms with Gasteiger partial charge in [-0.2, -0.15) is 5.10 Å². The topological polar surface area (TPSA) is 123 Å². The van der Waals surface area contributed by atoms with E-state index in [1.54, 1.807) is 0 Å². The Morgan fingerprint density at radius 1 is 1.69 bits per heavy atom. The number of carbonyl (C=O) groups is 1. The fraction of sp³-hybridized carbons (Fsp3) is 0.600. The molecule has 8 heteroatoms. The van der Waals surface area contributed by atoms with Gasteiger partial charge in [0, 0.05) is 13.0 Å². The number of hydrogen-bond acceptors (Lipinski definition) is 6. The Balaban J connectivity index is 3.34. The lowest BCUT2D eigenvalue weighted by Crippen LogP contribution is -2.35. The van der Waals surface area contributed by atoms with E-state index in [-0.39, 0.29) is 13.0 Å². The molecule has 0 bridgehead atoms. The number of nitrogens with zero attached hydrogens (tertiary/aromatic N) is 2. The van der Waals surface area contributed by atoms with Crippen molar-refractivity contribution in [2.75, 3.05) is 6.54 Å². The van der Waals surface area contributed by atoms with Gasteiger partial charge in [0.05, 0.1) is 0 Å².